The zero-order valence-corrected chi connectivity index (χ0v) is 14.4. The molecule has 0 aliphatic heterocycles. The normalized spacial score (nSPS) is 13.2. The molecule has 21 heavy (non-hydrogen) atoms. The molecule has 0 bridgehead atoms. The minimum atomic E-state index is -3.37. The third-order valence-corrected chi connectivity index (χ3v) is 4.95. The Balaban J connectivity index is 2.61. The lowest BCUT2D eigenvalue weighted by molar-refractivity contribution is -0.121. The lowest BCUT2D eigenvalue weighted by Gasteiger charge is -2.18. The van der Waals surface area contributed by atoms with Crippen LogP contribution in [0.4, 0.5) is 0 Å². The fraction of sp³-hybridized carbons (Fsp3) is 0.462. The van der Waals surface area contributed by atoms with Crippen LogP contribution in [0.2, 0.25) is 10.0 Å². The van der Waals surface area contributed by atoms with Gasteiger partial charge in [-0.3, -0.25) is 4.79 Å². The molecular weight excluding hydrogens is 335 g/mol. The van der Waals surface area contributed by atoms with Gasteiger partial charge in [0.1, 0.15) is 0 Å². The van der Waals surface area contributed by atoms with Crippen LogP contribution in [0.3, 0.4) is 0 Å². The number of halogens is 2. The fourth-order valence-corrected chi connectivity index (χ4v) is 2.85. The number of rotatable bonds is 6. The van der Waals surface area contributed by atoms with Crippen LogP contribution < -0.4 is 5.32 Å². The third-order valence-electron chi connectivity index (χ3n) is 3.03. The van der Waals surface area contributed by atoms with E-state index in [0.29, 0.717) is 16.6 Å². The second kappa shape index (κ2) is 7.45. The number of hydrogen-bond acceptors (Lipinski definition) is 3. The molecule has 0 saturated carbocycles. The van der Waals surface area contributed by atoms with Gasteiger partial charge in [-0.05, 0) is 17.7 Å². The van der Waals surface area contributed by atoms with Gasteiger partial charge in [-0.15, -0.1) is 0 Å². The minimum absolute atomic E-state index is 0.0845. The average molecular weight is 353 g/mol. The van der Waals surface area contributed by atoms with Gasteiger partial charge in [0.15, 0.2) is 0 Å². The number of sulfonamides is 1. The average Bonchev–Trinajstić information content (AvgIpc) is 2.35. The van der Waals surface area contributed by atoms with Crippen molar-refractivity contribution in [1.29, 1.82) is 0 Å². The summed E-state index contributed by atoms with van der Waals surface area (Å²) in [5, 5.41) is 3.75. The topological polar surface area (TPSA) is 66.5 Å². The summed E-state index contributed by atoms with van der Waals surface area (Å²) in [6.45, 7) is 1.98. The van der Waals surface area contributed by atoms with Crippen LogP contribution in [0.15, 0.2) is 18.2 Å². The lowest BCUT2D eigenvalue weighted by atomic mass is 10.0. The van der Waals surface area contributed by atoms with Crippen molar-refractivity contribution in [2.24, 2.45) is 0 Å². The molecule has 0 heterocycles. The van der Waals surface area contributed by atoms with E-state index in [1.54, 1.807) is 18.2 Å². The predicted molar refractivity (Wildman–Crippen MR) is 85.4 cm³/mol. The summed E-state index contributed by atoms with van der Waals surface area (Å²) in [5.74, 6) is -0.461. The van der Waals surface area contributed by atoms with Gasteiger partial charge in [-0.1, -0.05) is 36.2 Å². The van der Waals surface area contributed by atoms with Crippen molar-refractivity contribution in [2.75, 3.05) is 26.4 Å². The number of likely N-dealkylation sites (N-methyl/N-ethyl adjacent to an activating group) is 1. The van der Waals surface area contributed by atoms with Crippen molar-refractivity contribution in [3.8, 4) is 0 Å². The molecule has 0 aliphatic carbocycles. The molecule has 8 heteroatoms. The summed E-state index contributed by atoms with van der Waals surface area (Å²) < 4.78 is 23.4. The standard InChI is InChI=1S/C13H18Cl2N2O3S/c1-9(13-10(14)5-4-6-11(13)15)7-16-12(18)8-17(2)21(3,19)20/h4-6,9H,7-8H2,1-3H3,(H,16,18). The van der Waals surface area contributed by atoms with Gasteiger partial charge in [-0.2, -0.15) is 4.31 Å². The first-order chi connectivity index (χ1) is 9.62. The Labute approximate surface area is 135 Å². The summed E-state index contributed by atoms with van der Waals surface area (Å²) >= 11 is 12.2. The number of nitrogens with one attached hydrogen (secondary N) is 1. The molecule has 1 aromatic carbocycles. The summed E-state index contributed by atoms with van der Waals surface area (Å²) in [6.07, 6.45) is 1.05. The second-order valence-electron chi connectivity index (χ2n) is 4.86. The first-order valence-electron chi connectivity index (χ1n) is 6.25. The Morgan fingerprint density at radius 2 is 1.86 bits per heavy atom. The van der Waals surface area contributed by atoms with Gasteiger partial charge in [0.2, 0.25) is 15.9 Å². The molecule has 1 unspecified atom stereocenters. The van der Waals surface area contributed by atoms with E-state index in [1.165, 1.54) is 7.05 Å². The van der Waals surface area contributed by atoms with Crippen molar-refractivity contribution in [2.45, 2.75) is 12.8 Å². The summed E-state index contributed by atoms with van der Waals surface area (Å²) in [5.41, 5.74) is 0.762. The van der Waals surface area contributed by atoms with E-state index in [4.69, 9.17) is 23.2 Å². The zero-order chi connectivity index (χ0) is 16.2. The minimum Gasteiger partial charge on any atom is -0.354 e. The molecule has 1 atom stereocenters. The number of benzene rings is 1. The molecule has 0 spiro atoms. The maximum atomic E-state index is 11.7. The monoisotopic (exact) mass is 352 g/mol. The number of hydrogen-bond donors (Lipinski definition) is 1. The van der Waals surface area contributed by atoms with Crippen molar-refractivity contribution in [3.63, 3.8) is 0 Å². The van der Waals surface area contributed by atoms with Crippen molar-refractivity contribution < 1.29 is 13.2 Å². The summed E-state index contributed by atoms with van der Waals surface area (Å²) in [6, 6.07) is 5.22. The molecule has 0 radical (unpaired) electrons. The molecule has 0 fully saturated rings. The quantitative estimate of drug-likeness (QED) is 0.852. The van der Waals surface area contributed by atoms with E-state index in [9.17, 15) is 13.2 Å². The molecule has 0 aromatic heterocycles. The van der Waals surface area contributed by atoms with Gasteiger partial charge in [0.25, 0.3) is 0 Å². The van der Waals surface area contributed by atoms with E-state index in [1.807, 2.05) is 6.92 Å². The largest absolute Gasteiger partial charge is 0.354 e. The second-order valence-corrected chi connectivity index (χ2v) is 7.76. The van der Waals surface area contributed by atoms with Gasteiger partial charge in [0, 0.05) is 29.6 Å². The van der Waals surface area contributed by atoms with Crippen LogP contribution in [-0.4, -0.2) is 45.0 Å². The van der Waals surface area contributed by atoms with E-state index in [2.05, 4.69) is 5.32 Å². The molecule has 118 valence electrons. The molecule has 1 N–H and O–H groups in total. The van der Waals surface area contributed by atoms with Gasteiger partial charge in [-0.25, -0.2) is 8.42 Å². The number of nitrogens with zero attached hydrogens (tertiary/aromatic N) is 1. The highest BCUT2D eigenvalue weighted by Crippen LogP contribution is 2.30. The molecule has 0 saturated heterocycles. The smallest absolute Gasteiger partial charge is 0.235 e. The maximum Gasteiger partial charge on any atom is 0.235 e. The maximum absolute atomic E-state index is 11.7. The molecule has 1 rings (SSSR count). The molecular formula is C13H18Cl2N2O3S. The van der Waals surface area contributed by atoms with Crippen LogP contribution in [0.25, 0.3) is 0 Å². The fourth-order valence-electron chi connectivity index (χ4n) is 1.73. The van der Waals surface area contributed by atoms with Crippen molar-refractivity contribution in [1.82, 2.24) is 9.62 Å². The first kappa shape index (κ1) is 18.2. The van der Waals surface area contributed by atoms with Crippen LogP contribution in [0, 0.1) is 0 Å². The van der Waals surface area contributed by atoms with E-state index < -0.39 is 10.0 Å². The SMILES string of the molecule is CC(CNC(=O)CN(C)S(C)(=O)=O)c1c(Cl)cccc1Cl. The van der Waals surface area contributed by atoms with Crippen molar-refractivity contribution >= 4 is 39.1 Å². The summed E-state index contributed by atoms with van der Waals surface area (Å²) in [7, 11) is -2.02. The predicted octanol–water partition coefficient (Wildman–Crippen LogP) is 2.10. The Kier molecular flexibility index (Phi) is 6.46. The number of carbonyl (C=O) groups excluding carboxylic acids is 1. The zero-order valence-electron chi connectivity index (χ0n) is 12.1. The van der Waals surface area contributed by atoms with E-state index >= 15 is 0 Å². The highest BCUT2D eigenvalue weighted by molar-refractivity contribution is 7.88. The third kappa shape index (κ3) is 5.47. The van der Waals surface area contributed by atoms with Crippen LogP contribution in [-0.2, 0) is 14.8 Å². The highest BCUT2D eigenvalue weighted by Gasteiger charge is 2.17. The summed E-state index contributed by atoms with van der Waals surface area (Å²) in [4.78, 5) is 11.7. The van der Waals surface area contributed by atoms with Crippen molar-refractivity contribution in [3.05, 3.63) is 33.8 Å². The van der Waals surface area contributed by atoms with Gasteiger partial charge in [0.05, 0.1) is 12.8 Å². The Bertz CT molecular complexity index is 600. The first-order valence-corrected chi connectivity index (χ1v) is 8.85. The van der Waals surface area contributed by atoms with Crippen LogP contribution in [0.5, 0.6) is 0 Å². The number of amides is 1. The van der Waals surface area contributed by atoms with E-state index in [0.717, 1.165) is 16.1 Å². The van der Waals surface area contributed by atoms with Gasteiger partial charge < -0.3 is 5.32 Å². The molecule has 0 aliphatic rings. The van der Waals surface area contributed by atoms with Crippen LogP contribution in [0.1, 0.15) is 18.4 Å². The highest BCUT2D eigenvalue weighted by atomic mass is 35.5. The molecule has 5 nitrogen and oxygen atoms in total. The Morgan fingerprint density at radius 3 is 2.33 bits per heavy atom. The Morgan fingerprint density at radius 1 is 1.33 bits per heavy atom. The molecule has 1 amide bonds. The van der Waals surface area contributed by atoms with Gasteiger partial charge >= 0.3 is 0 Å². The van der Waals surface area contributed by atoms with E-state index in [-0.39, 0.29) is 18.4 Å². The Hall–Kier alpha value is -0.820. The molecule has 1 aromatic rings. The number of carbonyl (C=O) groups is 1. The lowest BCUT2D eigenvalue weighted by Crippen LogP contribution is -2.39. The van der Waals surface area contributed by atoms with Crippen LogP contribution >= 0.6 is 23.2 Å².